The van der Waals surface area contributed by atoms with Gasteiger partial charge < -0.3 is 10.4 Å². The summed E-state index contributed by atoms with van der Waals surface area (Å²) in [4.78, 5) is 10.2. The average molecular weight is 169 g/mol. The van der Waals surface area contributed by atoms with E-state index in [0.717, 1.165) is 25.9 Å². The van der Waals surface area contributed by atoms with Crippen molar-refractivity contribution in [2.75, 3.05) is 13.1 Å². The highest BCUT2D eigenvalue weighted by atomic mass is 16.4. The summed E-state index contributed by atoms with van der Waals surface area (Å²) in [5.74, 6) is -0.161. The zero-order chi connectivity index (χ0) is 8.81. The molecular formula is C9H15NO2. The molecule has 12 heavy (non-hydrogen) atoms. The minimum atomic E-state index is -0.750. The lowest BCUT2D eigenvalue weighted by molar-refractivity contribution is -0.136. The van der Waals surface area contributed by atoms with Gasteiger partial charge in [0.1, 0.15) is 0 Å². The van der Waals surface area contributed by atoms with Crippen LogP contribution in [0.3, 0.4) is 0 Å². The summed E-state index contributed by atoms with van der Waals surface area (Å²) in [6.07, 6.45) is 6.23. The second-order valence-corrected chi connectivity index (χ2v) is 3.11. The molecular weight excluding hydrogens is 154 g/mol. The monoisotopic (exact) mass is 169 g/mol. The molecule has 1 aliphatic heterocycles. The Morgan fingerprint density at radius 3 is 2.75 bits per heavy atom. The molecule has 0 bridgehead atoms. The molecule has 1 rings (SSSR count). The van der Waals surface area contributed by atoms with Gasteiger partial charge in [0.15, 0.2) is 0 Å². The van der Waals surface area contributed by atoms with E-state index in [9.17, 15) is 4.79 Å². The normalized spacial score (nSPS) is 20.0. The third-order valence-electron chi connectivity index (χ3n) is 2.08. The Balaban J connectivity index is 2.19. The van der Waals surface area contributed by atoms with E-state index in [1.165, 1.54) is 0 Å². The van der Waals surface area contributed by atoms with Gasteiger partial charge in [-0.3, -0.25) is 4.79 Å². The molecule has 3 heteroatoms. The zero-order valence-corrected chi connectivity index (χ0v) is 7.12. The predicted octanol–water partition coefficient (Wildman–Crippen LogP) is 1.02. The number of carbonyl (C=O) groups is 1. The molecule has 1 aliphatic rings. The van der Waals surface area contributed by atoms with E-state index in [1.54, 1.807) is 6.08 Å². The number of piperidine rings is 1. The predicted molar refractivity (Wildman–Crippen MR) is 47.0 cm³/mol. The highest BCUT2D eigenvalue weighted by Gasteiger charge is 2.08. The lowest BCUT2D eigenvalue weighted by Gasteiger charge is -2.18. The van der Waals surface area contributed by atoms with Crippen molar-refractivity contribution in [1.82, 2.24) is 5.32 Å². The summed E-state index contributed by atoms with van der Waals surface area (Å²) < 4.78 is 0. The first kappa shape index (κ1) is 9.26. The van der Waals surface area contributed by atoms with Gasteiger partial charge in [0, 0.05) is 0 Å². The number of hydrogen-bond donors (Lipinski definition) is 2. The van der Waals surface area contributed by atoms with Crippen LogP contribution in [0.2, 0.25) is 0 Å². The SMILES string of the molecule is O=C(O)C/C=C\C1CCNCC1. The zero-order valence-electron chi connectivity index (χ0n) is 7.12. The lowest BCUT2D eigenvalue weighted by Crippen LogP contribution is -2.26. The van der Waals surface area contributed by atoms with E-state index < -0.39 is 5.97 Å². The molecule has 2 N–H and O–H groups in total. The maximum Gasteiger partial charge on any atom is 0.307 e. The Kier molecular flexibility index (Phi) is 3.80. The van der Waals surface area contributed by atoms with Crippen LogP contribution >= 0.6 is 0 Å². The van der Waals surface area contributed by atoms with Crippen molar-refractivity contribution in [2.45, 2.75) is 19.3 Å². The van der Waals surface area contributed by atoms with Crippen molar-refractivity contribution in [2.24, 2.45) is 5.92 Å². The lowest BCUT2D eigenvalue weighted by atomic mass is 9.97. The molecule has 0 spiro atoms. The highest BCUT2D eigenvalue weighted by Crippen LogP contribution is 2.12. The molecule has 0 saturated carbocycles. The number of rotatable bonds is 3. The first-order chi connectivity index (χ1) is 5.79. The molecule has 0 aromatic rings. The summed E-state index contributed by atoms with van der Waals surface area (Å²) >= 11 is 0. The Morgan fingerprint density at radius 1 is 1.50 bits per heavy atom. The third-order valence-corrected chi connectivity index (χ3v) is 2.08. The fourth-order valence-corrected chi connectivity index (χ4v) is 1.40. The highest BCUT2D eigenvalue weighted by molar-refractivity contribution is 5.68. The first-order valence-corrected chi connectivity index (χ1v) is 4.38. The molecule has 0 aromatic carbocycles. The smallest absolute Gasteiger partial charge is 0.307 e. The van der Waals surface area contributed by atoms with Crippen molar-refractivity contribution in [3.63, 3.8) is 0 Å². The van der Waals surface area contributed by atoms with Crippen LogP contribution in [-0.4, -0.2) is 24.2 Å². The number of carboxylic acid groups (broad SMARTS) is 1. The maximum absolute atomic E-state index is 10.2. The molecule has 1 saturated heterocycles. The Morgan fingerprint density at radius 2 is 2.17 bits per heavy atom. The van der Waals surface area contributed by atoms with E-state index in [-0.39, 0.29) is 6.42 Å². The van der Waals surface area contributed by atoms with E-state index >= 15 is 0 Å². The van der Waals surface area contributed by atoms with Gasteiger partial charge in [-0.2, -0.15) is 0 Å². The maximum atomic E-state index is 10.2. The molecule has 0 aromatic heterocycles. The number of carboxylic acids is 1. The Hall–Kier alpha value is -0.830. The van der Waals surface area contributed by atoms with Crippen molar-refractivity contribution in [3.8, 4) is 0 Å². The summed E-state index contributed by atoms with van der Waals surface area (Å²) in [6.45, 7) is 2.12. The molecule has 0 radical (unpaired) electrons. The second kappa shape index (κ2) is 4.93. The summed E-state index contributed by atoms with van der Waals surface area (Å²) in [6, 6.07) is 0. The minimum absolute atomic E-state index is 0.157. The van der Waals surface area contributed by atoms with Gasteiger partial charge >= 0.3 is 5.97 Å². The van der Waals surface area contributed by atoms with Gasteiger partial charge in [0.25, 0.3) is 0 Å². The molecule has 0 aliphatic carbocycles. The van der Waals surface area contributed by atoms with Crippen LogP contribution in [0.5, 0.6) is 0 Å². The van der Waals surface area contributed by atoms with Crippen LogP contribution in [-0.2, 0) is 4.79 Å². The number of nitrogens with one attached hydrogen (secondary N) is 1. The number of aliphatic carboxylic acids is 1. The minimum Gasteiger partial charge on any atom is -0.481 e. The van der Waals surface area contributed by atoms with E-state index in [0.29, 0.717) is 5.92 Å². The Bertz CT molecular complexity index is 171. The fourth-order valence-electron chi connectivity index (χ4n) is 1.40. The summed E-state index contributed by atoms with van der Waals surface area (Å²) in [5.41, 5.74) is 0. The first-order valence-electron chi connectivity index (χ1n) is 4.38. The van der Waals surface area contributed by atoms with Gasteiger partial charge in [-0.05, 0) is 31.8 Å². The van der Waals surface area contributed by atoms with Gasteiger partial charge in [0.05, 0.1) is 6.42 Å². The van der Waals surface area contributed by atoms with Gasteiger partial charge in [-0.15, -0.1) is 0 Å². The molecule has 68 valence electrons. The third kappa shape index (κ3) is 3.53. The Labute approximate surface area is 72.5 Å². The van der Waals surface area contributed by atoms with Crippen molar-refractivity contribution in [1.29, 1.82) is 0 Å². The number of allylic oxidation sites excluding steroid dienone is 1. The molecule has 3 nitrogen and oxygen atoms in total. The molecule has 1 heterocycles. The standard InChI is InChI=1S/C9H15NO2/c11-9(12)3-1-2-8-4-6-10-7-5-8/h1-2,8,10H,3-7H2,(H,11,12)/b2-1-. The van der Waals surface area contributed by atoms with Gasteiger partial charge in [-0.25, -0.2) is 0 Å². The van der Waals surface area contributed by atoms with E-state index in [1.807, 2.05) is 6.08 Å². The van der Waals surface area contributed by atoms with Gasteiger partial charge in [0.2, 0.25) is 0 Å². The molecule has 0 atom stereocenters. The van der Waals surface area contributed by atoms with E-state index in [4.69, 9.17) is 5.11 Å². The summed E-state index contributed by atoms with van der Waals surface area (Å²) in [5, 5.41) is 11.6. The summed E-state index contributed by atoms with van der Waals surface area (Å²) in [7, 11) is 0. The van der Waals surface area contributed by atoms with Crippen LogP contribution in [0, 0.1) is 5.92 Å². The van der Waals surface area contributed by atoms with Crippen LogP contribution in [0.4, 0.5) is 0 Å². The van der Waals surface area contributed by atoms with Crippen LogP contribution < -0.4 is 5.32 Å². The topological polar surface area (TPSA) is 49.3 Å². The fraction of sp³-hybridized carbons (Fsp3) is 0.667. The second-order valence-electron chi connectivity index (χ2n) is 3.11. The van der Waals surface area contributed by atoms with Gasteiger partial charge in [-0.1, -0.05) is 12.2 Å². The molecule has 1 fully saturated rings. The van der Waals surface area contributed by atoms with E-state index in [2.05, 4.69) is 5.32 Å². The number of hydrogen-bond acceptors (Lipinski definition) is 2. The van der Waals surface area contributed by atoms with Crippen LogP contribution in [0.1, 0.15) is 19.3 Å². The molecule has 0 amide bonds. The largest absolute Gasteiger partial charge is 0.481 e. The molecule has 0 unspecified atom stereocenters. The quantitative estimate of drug-likeness (QED) is 0.620. The van der Waals surface area contributed by atoms with Crippen LogP contribution in [0.25, 0.3) is 0 Å². The average Bonchev–Trinajstić information content (AvgIpc) is 2.05. The van der Waals surface area contributed by atoms with Crippen molar-refractivity contribution < 1.29 is 9.90 Å². The van der Waals surface area contributed by atoms with Crippen LogP contribution in [0.15, 0.2) is 12.2 Å². The van der Waals surface area contributed by atoms with Crippen molar-refractivity contribution in [3.05, 3.63) is 12.2 Å². The van der Waals surface area contributed by atoms with Crippen molar-refractivity contribution >= 4 is 5.97 Å².